The highest BCUT2D eigenvalue weighted by atomic mass is 79.9. The highest BCUT2D eigenvalue weighted by molar-refractivity contribution is 5.94. The lowest BCUT2D eigenvalue weighted by molar-refractivity contribution is -0.690. The van der Waals surface area contributed by atoms with E-state index in [2.05, 4.69) is 6.08 Å². The molecule has 0 aromatic carbocycles. The van der Waals surface area contributed by atoms with Crippen molar-refractivity contribution in [2.24, 2.45) is 0 Å². The SMILES string of the molecule is Cc1cccc[n+]1CC(=O)C1=CCCC1.[Br-]. The number of ketones is 1. The molecule has 2 rings (SSSR count). The zero-order valence-corrected chi connectivity index (χ0v) is 11.0. The second-order valence-corrected chi connectivity index (χ2v) is 4.01. The van der Waals surface area contributed by atoms with Crippen LogP contribution in [0.3, 0.4) is 0 Å². The zero-order valence-electron chi connectivity index (χ0n) is 9.45. The first-order valence-electron chi connectivity index (χ1n) is 5.44. The third-order valence-corrected chi connectivity index (χ3v) is 2.88. The van der Waals surface area contributed by atoms with Gasteiger partial charge in [-0.15, -0.1) is 0 Å². The molecule has 0 fully saturated rings. The third kappa shape index (κ3) is 3.01. The van der Waals surface area contributed by atoms with E-state index in [1.165, 1.54) is 0 Å². The molecule has 86 valence electrons. The van der Waals surface area contributed by atoms with Gasteiger partial charge in [0, 0.05) is 19.1 Å². The molecule has 2 nitrogen and oxygen atoms in total. The fourth-order valence-electron chi connectivity index (χ4n) is 1.92. The molecule has 0 N–H and O–H groups in total. The van der Waals surface area contributed by atoms with Gasteiger partial charge >= 0.3 is 0 Å². The fraction of sp³-hybridized carbons (Fsp3) is 0.385. The van der Waals surface area contributed by atoms with Gasteiger partial charge in [-0.3, -0.25) is 4.79 Å². The minimum Gasteiger partial charge on any atom is -1.00 e. The van der Waals surface area contributed by atoms with Crippen molar-refractivity contribution >= 4 is 5.78 Å². The van der Waals surface area contributed by atoms with E-state index >= 15 is 0 Å². The summed E-state index contributed by atoms with van der Waals surface area (Å²) in [6.45, 7) is 2.51. The average molecular weight is 282 g/mol. The van der Waals surface area contributed by atoms with Crippen molar-refractivity contribution in [1.82, 2.24) is 0 Å². The van der Waals surface area contributed by atoms with E-state index in [-0.39, 0.29) is 22.8 Å². The molecule has 0 aliphatic heterocycles. The quantitative estimate of drug-likeness (QED) is 0.649. The lowest BCUT2D eigenvalue weighted by Crippen LogP contribution is -3.00. The number of pyridine rings is 1. The van der Waals surface area contributed by atoms with Crippen LogP contribution in [0.4, 0.5) is 0 Å². The highest BCUT2D eigenvalue weighted by Crippen LogP contribution is 2.18. The number of aryl methyl sites for hydroxylation is 1. The van der Waals surface area contributed by atoms with Crippen LogP contribution >= 0.6 is 0 Å². The number of carbonyl (C=O) groups is 1. The second kappa shape index (κ2) is 5.94. The molecule has 0 spiro atoms. The van der Waals surface area contributed by atoms with E-state index in [0.717, 1.165) is 30.5 Å². The monoisotopic (exact) mass is 281 g/mol. The van der Waals surface area contributed by atoms with Gasteiger partial charge < -0.3 is 17.0 Å². The Morgan fingerprint density at radius 3 is 2.88 bits per heavy atom. The zero-order chi connectivity index (χ0) is 10.7. The number of halogens is 1. The number of hydrogen-bond donors (Lipinski definition) is 0. The maximum atomic E-state index is 11.9. The van der Waals surface area contributed by atoms with Crippen LogP contribution in [0.25, 0.3) is 0 Å². The average Bonchev–Trinajstić information content (AvgIpc) is 2.74. The van der Waals surface area contributed by atoms with E-state index in [9.17, 15) is 4.79 Å². The molecule has 0 saturated carbocycles. The summed E-state index contributed by atoms with van der Waals surface area (Å²) in [4.78, 5) is 11.9. The molecule has 1 aromatic rings. The first-order chi connectivity index (χ1) is 7.27. The summed E-state index contributed by atoms with van der Waals surface area (Å²) >= 11 is 0. The number of rotatable bonds is 3. The molecule has 0 radical (unpaired) electrons. The fourth-order valence-corrected chi connectivity index (χ4v) is 1.92. The van der Waals surface area contributed by atoms with Crippen LogP contribution in [0.2, 0.25) is 0 Å². The standard InChI is InChI=1S/C13H16NO.BrH/c1-11-6-4-5-9-14(11)10-13(15)12-7-2-3-8-12;/h4-7,9H,2-3,8,10H2,1H3;1H/q+1;/p-1. The molecule has 0 saturated heterocycles. The van der Waals surface area contributed by atoms with Crippen LogP contribution in [0.15, 0.2) is 36.0 Å². The molecular weight excluding hydrogens is 266 g/mol. The molecule has 0 bridgehead atoms. The van der Waals surface area contributed by atoms with Gasteiger partial charge in [0.2, 0.25) is 12.3 Å². The molecule has 1 aromatic heterocycles. The minimum atomic E-state index is 0. The molecule has 1 aliphatic carbocycles. The normalized spacial score (nSPS) is 14.2. The van der Waals surface area contributed by atoms with Gasteiger partial charge in [0.25, 0.3) is 0 Å². The van der Waals surface area contributed by atoms with Crippen LogP contribution in [0, 0.1) is 6.92 Å². The van der Waals surface area contributed by atoms with Gasteiger partial charge in [-0.1, -0.05) is 12.1 Å². The molecular formula is C13H16BrNO. The van der Waals surface area contributed by atoms with Crippen molar-refractivity contribution in [3.05, 3.63) is 41.7 Å². The minimum absolute atomic E-state index is 0. The summed E-state index contributed by atoms with van der Waals surface area (Å²) in [7, 11) is 0. The van der Waals surface area contributed by atoms with Gasteiger partial charge in [-0.2, -0.15) is 4.57 Å². The predicted octanol–water partition coefficient (Wildman–Crippen LogP) is -1.03. The van der Waals surface area contributed by atoms with E-state index in [4.69, 9.17) is 0 Å². The van der Waals surface area contributed by atoms with Crippen LogP contribution in [-0.4, -0.2) is 5.78 Å². The summed E-state index contributed by atoms with van der Waals surface area (Å²) < 4.78 is 2.00. The molecule has 0 unspecified atom stereocenters. The first kappa shape index (κ1) is 13.1. The Kier molecular flexibility index (Phi) is 4.87. The Morgan fingerprint density at radius 2 is 2.25 bits per heavy atom. The first-order valence-corrected chi connectivity index (χ1v) is 5.44. The Labute approximate surface area is 107 Å². The van der Waals surface area contributed by atoms with E-state index in [1.807, 2.05) is 35.9 Å². The van der Waals surface area contributed by atoms with Gasteiger partial charge in [-0.05, 0) is 24.8 Å². The summed E-state index contributed by atoms with van der Waals surface area (Å²) in [5, 5.41) is 0. The highest BCUT2D eigenvalue weighted by Gasteiger charge is 2.18. The Balaban J connectivity index is 0.00000128. The number of hydrogen-bond acceptors (Lipinski definition) is 1. The lowest BCUT2D eigenvalue weighted by Gasteiger charge is -2.00. The van der Waals surface area contributed by atoms with E-state index in [0.29, 0.717) is 6.54 Å². The maximum absolute atomic E-state index is 11.9. The third-order valence-electron chi connectivity index (χ3n) is 2.88. The van der Waals surface area contributed by atoms with Crippen molar-refractivity contribution in [3.63, 3.8) is 0 Å². The predicted molar refractivity (Wildman–Crippen MR) is 58.3 cm³/mol. The molecule has 1 aliphatic rings. The molecule has 0 amide bonds. The smallest absolute Gasteiger partial charge is 0.223 e. The second-order valence-electron chi connectivity index (χ2n) is 4.01. The van der Waals surface area contributed by atoms with Crippen LogP contribution < -0.4 is 21.5 Å². The van der Waals surface area contributed by atoms with Crippen molar-refractivity contribution in [2.45, 2.75) is 32.7 Å². The molecule has 16 heavy (non-hydrogen) atoms. The molecule has 0 atom stereocenters. The topological polar surface area (TPSA) is 20.9 Å². The Morgan fingerprint density at radius 1 is 1.44 bits per heavy atom. The number of carbonyl (C=O) groups excluding carboxylic acids is 1. The van der Waals surface area contributed by atoms with Crippen LogP contribution in [0.1, 0.15) is 25.0 Å². The summed E-state index contributed by atoms with van der Waals surface area (Å²) in [6, 6.07) is 5.98. The van der Waals surface area contributed by atoms with Crippen molar-refractivity contribution in [3.8, 4) is 0 Å². The molecule has 1 heterocycles. The van der Waals surface area contributed by atoms with E-state index < -0.39 is 0 Å². The summed E-state index contributed by atoms with van der Waals surface area (Å²) in [6.07, 6.45) is 7.22. The lowest BCUT2D eigenvalue weighted by atomic mass is 10.1. The largest absolute Gasteiger partial charge is 1.00 e. The number of allylic oxidation sites excluding steroid dienone is 2. The van der Waals surface area contributed by atoms with Gasteiger partial charge in [-0.25, -0.2) is 0 Å². The number of nitrogens with zero attached hydrogens (tertiary/aromatic N) is 1. The Hall–Kier alpha value is -0.960. The van der Waals surface area contributed by atoms with Crippen LogP contribution in [-0.2, 0) is 11.3 Å². The van der Waals surface area contributed by atoms with Crippen molar-refractivity contribution in [1.29, 1.82) is 0 Å². The maximum Gasteiger partial charge on any atom is 0.223 e. The van der Waals surface area contributed by atoms with Crippen LogP contribution in [0.5, 0.6) is 0 Å². The summed E-state index contributed by atoms with van der Waals surface area (Å²) in [5.74, 6) is 0.270. The van der Waals surface area contributed by atoms with Gasteiger partial charge in [0.05, 0.1) is 0 Å². The number of aromatic nitrogens is 1. The van der Waals surface area contributed by atoms with Crippen molar-refractivity contribution < 1.29 is 26.3 Å². The van der Waals surface area contributed by atoms with Gasteiger partial charge in [0.15, 0.2) is 11.9 Å². The van der Waals surface area contributed by atoms with E-state index in [1.54, 1.807) is 0 Å². The molecule has 3 heteroatoms. The number of Topliss-reactive ketones (excluding diaryl/α,β-unsaturated/α-hetero) is 1. The van der Waals surface area contributed by atoms with Crippen molar-refractivity contribution in [2.75, 3.05) is 0 Å². The summed E-state index contributed by atoms with van der Waals surface area (Å²) in [5.41, 5.74) is 2.15. The van der Waals surface area contributed by atoms with Gasteiger partial charge in [0.1, 0.15) is 0 Å². The Bertz CT molecular complexity index is 412.